The predicted octanol–water partition coefficient (Wildman–Crippen LogP) is 5.08. The van der Waals surface area contributed by atoms with E-state index in [9.17, 15) is 29.4 Å². The van der Waals surface area contributed by atoms with Gasteiger partial charge in [-0.25, -0.2) is 9.59 Å². The largest absolute Gasteiger partial charge is 0.507 e. The van der Waals surface area contributed by atoms with Crippen LogP contribution in [0.2, 0.25) is 0 Å². The van der Waals surface area contributed by atoms with Gasteiger partial charge in [-0.15, -0.1) is 0 Å². The normalized spacial score (nSPS) is 10.5. The van der Waals surface area contributed by atoms with Crippen LogP contribution in [0.4, 0.5) is 0 Å². The summed E-state index contributed by atoms with van der Waals surface area (Å²) in [5.41, 5.74) is -0.137. The summed E-state index contributed by atoms with van der Waals surface area (Å²) in [4.78, 5) is 47.3. The van der Waals surface area contributed by atoms with Gasteiger partial charge >= 0.3 is 23.9 Å². The van der Waals surface area contributed by atoms with Gasteiger partial charge in [0.1, 0.15) is 34.1 Å². The van der Waals surface area contributed by atoms with Gasteiger partial charge in [0.15, 0.2) is 0 Å². The Labute approximate surface area is 221 Å². The van der Waals surface area contributed by atoms with Gasteiger partial charge in [0.2, 0.25) is 0 Å². The van der Waals surface area contributed by atoms with Crippen molar-refractivity contribution in [2.75, 3.05) is 14.2 Å². The molecule has 206 valence electrons. The highest BCUT2D eigenvalue weighted by atomic mass is 16.5. The fraction of sp³-hybridized carbons (Fsp3) is 0.429. The van der Waals surface area contributed by atoms with Gasteiger partial charge in [-0.2, -0.15) is 0 Å². The van der Waals surface area contributed by atoms with Crippen molar-refractivity contribution in [3.63, 3.8) is 0 Å². The number of phenolic OH excluding ortho intramolecular Hbond substituents is 2. The van der Waals surface area contributed by atoms with Crippen LogP contribution in [0.5, 0.6) is 23.0 Å². The first-order valence-corrected chi connectivity index (χ1v) is 12.5. The van der Waals surface area contributed by atoms with Crippen LogP contribution in [0, 0.1) is 0 Å². The quantitative estimate of drug-likeness (QED) is 0.181. The van der Waals surface area contributed by atoms with Crippen molar-refractivity contribution < 1.29 is 48.3 Å². The summed E-state index contributed by atoms with van der Waals surface area (Å²) >= 11 is 0. The average Bonchev–Trinajstić information content (AvgIpc) is 2.90. The number of phenols is 2. The second-order valence-corrected chi connectivity index (χ2v) is 8.62. The molecule has 0 fully saturated rings. The molecule has 0 saturated heterocycles. The minimum atomic E-state index is -0.718. The topological polar surface area (TPSA) is 146 Å². The predicted molar refractivity (Wildman–Crippen MR) is 136 cm³/mol. The summed E-state index contributed by atoms with van der Waals surface area (Å²) in [5, 5.41) is 19.4. The number of rotatable bonds is 15. The summed E-state index contributed by atoms with van der Waals surface area (Å²) < 4.78 is 19.6. The minimum Gasteiger partial charge on any atom is -0.507 e. The van der Waals surface area contributed by atoms with Crippen molar-refractivity contribution in [3.8, 4) is 23.0 Å². The third-order valence-electron chi connectivity index (χ3n) is 5.72. The monoisotopic (exact) mass is 530 g/mol. The maximum atomic E-state index is 12.0. The lowest BCUT2D eigenvalue weighted by Crippen LogP contribution is -2.09. The van der Waals surface area contributed by atoms with E-state index >= 15 is 0 Å². The molecule has 38 heavy (non-hydrogen) atoms. The summed E-state index contributed by atoms with van der Waals surface area (Å²) in [6.07, 6.45) is 7.61. The van der Waals surface area contributed by atoms with Gasteiger partial charge in [0.05, 0.1) is 14.2 Å². The van der Waals surface area contributed by atoms with Crippen LogP contribution >= 0.6 is 0 Å². The van der Waals surface area contributed by atoms with E-state index in [1.54, 1.807) is 0 Å². The third-order valence-corrected chi connectivity index (χ3v) is 5.72. The number of unbranched alkanes of at least 4 members (excludes halogenated alkanes) is 7. The van der Waals surface area contributed by atoms with Crippen LogP contribution in [-0.2, 0) is 19.1 Å². The van der Waals surface area contributed by atoms with Crippen LogP contribution < -0.4 is 9.47 Å². The fourth-order valence-electron chi connectivity index (χ4n) is 3.67. The summed E-state index contributed by atoms with van der Waals surface area (Å²) in [5.74, 6) is -2.41. The zero-order chi connectivity index (χ0) is 27.9. The Morgan fingerprint density at radius 2 is 0.921 bits per heavy atom. The molecule has 2 aromatic carbocycles. The zero-order valence-electron chi connectivity index (χ0n) is 21.7. The van der Waals surface area contributed by atoms with E-state index in [-0.39, 0.29) is 47.0 Å². The molecule has 0 aromatic heterocycles. The highest BCUT2D eigenvalue weighted by molar-refractivity contribution is 5.93. The molecule has 0 unspecified atom stereocenters. The SMILES string of the molecule is COC(=O)c1cc(OC(=O)CCCCCCCCCCC(=O)Oc2ccc(O)c(C(=O)OC)c2)ccc1O. The first kappa shape index (κ1) is 30.1. The second-order valence-electron chi connectivity index (χ2n) is 8.62. The standard InChI is InChI=1S/C28H34O10/c1-35-27(33)21-17-19(13-15-23(21)29)37-25(31)11-9-7-5-3-4-6-8-10-12-26(32)38-20-14-16-24(30)22(18-20)28(34)36-2/h13-18,29-30H,3-12H2,1-2H3. The Bertz CT molecular complexity index is 1020. The van der Waals surface area contributed by atoms with Gasteiger partial charge in [-0.1, -0.05) is 38.5 Å². The van der Waals surface area contributed by atoms with E-state index in [2.05, 4.69) is 9.47 Å². The molecule has 2 rings (SSSR count). The molecular formula is C28H34O10. The number of hydrogen-bond acceptors (Lipinski definition) is 10. The second kappa shape index (κ2) is 15.9. The van der Waals surface area contributed by atoms with Crippen LogP contribution in [0.1, 0.15) is 84.9 Å². The zero-order valence-corrected chi connectivity index (χ0v) is 21.7. The smallest absolute Gasteiger partial charge is 0.341 e. The Morgan fingerprint density at radius 1 is 0.579 bits per heavy atom. The van der Waals surface area contributed by atoms with Crippen LogP contribution in [-0.4, -0.2) is 48.3 Å². The van der Waals surface area contributed by atoms with Crippen molar-refractivity contribution in [2.24, 2.45) is 0 Å². The van der Waals surface area contributed by atoms with E-state index in [0.29, 0.717) is 12.8 Å². The van der Waals surface area contributed by atoms with Crippen molar-refractivity contribution in [1.29, 1.82) is 0 Å². The van der Waals surface area contributed by atoms with Gasteiger partial charge in [-0.3, -0.25) is 9.59 Å². The fourth-order valence-corrected chi connectivity index (χ4v) is 3.67. The van der Waals surface area contributed by atoms with E-state index in [1.165, 1.54) is 50.6 Å². The highest BCUT2D eigenvalue weighted by Crippen LogP contribution is 2.25. The number of benzene rings is 2. The first-order valence-electron chi connectivity index (χ1n) is 12.5. The maximum Gasteiger partial charge on any atom is 0.341 e. The van der Waals surface area contributed by atoms with Gasteiger partial charge < -0.3 is 29.2 Å². The first-order chi connectivity index (χ1) is 18.2. The number of ether oxygens (including phenoxy) is 4. The Hall–Kier alpha value is -4.08. The molecule has 0 spiro atoms. The maximum absolute atomic E-state index is 12.0. The van der Waals surface area contributed by atoms with Crippen molar-refractivity contribution >= 4 is 23.9 Å². The lowest BCUT2D eigenvalue weighted by molar-refractivity contribution is -0.135. The van der Waals surface area contributed by atoms with Gasteiger partial charge in [0, 0.05) is 12.8 Å². The number of carbonyl (C=O) groups excluding carboxylic acids is 4. The van der Waals surface area contributed by atoms with Crippen LogP contribution in [0.3, 0.4) is 0 Å². The molecule has 10 heteroatoms. The number of aromatic hydroxyl groups is 2. The molecule has 0 aliphatic rings. The number of carbonyl (C=O) groups is 4. The van der Waals surface area contributed by atoms with Crippen molar-refractivity contribution in [2.45, 2.75) is 64.2 Å². The van der Waals surface area contributed by atoms with E-state index in [1.807, 2.05) is 0 Å². The van der Waals surface area contributed by atoms with Crippen molar-refractivity contribution in [3.05, 3.63) is 47.5 Å². The number of hydrogen-bond donors (Lipinski definition) is 2. The van der Waals surface area contributed by atoms with E-state index in [4.69, 9.17) is 9.47 Å². The Kier molecular flexibility index (Phi) is 12.6. The molecule has 0 heterocycles. The molecule has 0 bridgehead atoms. The molecule has 0 aliphatic heterocycles. The summed E-state index contributed by atoms with van der Waals surface area (Å²) in [6, 6.07) is 7.91. The number of methoxy groups -OCH3 is 2. The lowest BCUT2D eigenvalue weighted by atomic mass is 10.1. The molecule has 0 amide bonds. The molecule has 0 saturated carbocycles. The summed E-state index contributed by atoms with van der Waals surface area (Å²) in [6.45, 7) is 0. The molecule has 0 radical (unpaired) electrons. The van der Waals surface area contributed by atoms with Crippen LogP contribution in [0.15, 0.2) is 36.4 Å². The highest BCUT2D eigenvalue weighted by Gasteiger charge is 2.15. The molecule has 2 aromatic rings. The Balaban J connectivity index is 1.53. The Morgan fingerprint density at radius 3 is 1.26 bits per heavy atom. The molecular weight excluding hydrogens is 496 g/mol. The lowest BCUT2D eigenvalue weighted by Gasteiger charge is -2.08. The van der Waals surface area contributed by atoms with Crippen LogP contribution in [0.25, 0.3) is 0 Å². The molecule has 2 N–H and O–H groups in total. The molecule has 0 atom stereocenters. The van der Waals surface area contributed by atoms with Gasteiger partial charge in [-0.05, 0) is 49.2 Å². The third kappa shape index (κ3) is 10.1. The molecule has 10 nitrogen and oxygen atoms in total. The molecule has 0 aliphatic carbocycles. The van der Waals surface area contributed by atoms with Crippen molar-refractivity contribution in [1.82, 2.24) is 0 Å². The average molecular weight is 531 g/mol. The van der Waals surface area contributed by atoms with Gasteiger partial charge in [0.25, 0.3) is 0 Å². The summed E-state index contributed by atoms with van der Waals surface area (Å²) in [7, 11) is 2.39. The van der Waals surface area contributed by atoms with E-state index < -0.39 is 23.9 Å². The van der Waals surface area contributed by atoms with E-state index in [0.717, 1.165) is 38.5 Å². The number of esters is 4. The minimum absolute atomic E-state index is 0.0683.